The van der Waals surface area contributed by atoms with Crippen LogP contribution in [0, 0.1) is 22.6 Å². The van der Waals surface area contributed by atoms with Gasteiger partial charge in [0.05, 0.1) is 11.6 Å². The average Bonchev–Trinajstić information content (AvgIpc) is 2.17. The lowest BCUT2D eigenvalue weighted by molar-refractivity contribution is 0.773. The predicted molar refractivity (Wildman–Crippen MR) is 54.9 cm³/mol. The minimum atomic E-state index is 0.228. The molecule has 0 spiro atoms. The van der Waals surface area contributed by atoms with Crippen molar-refractivity contribution in [2.45, 2.75) is 18.6 Å². The second-order valence-corrected chi connectivity index (χ2v) is 3.73. The van der Waals surface area contributed by atoms with Crippen molar-refractivity contribution in [1.29, 1.82) is 10.5 Å². The third-order valence-corrected chi connectivity index (χ3v) is 2.81. The maximum Gasteiger partial charge on any atom is 0.269 e. The molecule has 14 heavy (non-hydrogen) atoms. The van der Waals surface area contributed by atoms with E-state index in [4.69, 9.17) is 10.5 Å². The Morgan fingerprint density at radius 3 is 2.71 bits per heavy atom. The Bertz CT molecular complexity index is 422. The summed E-state index contributed by atoms with van der Waals surface area (Å²) in [6, 6.07) is 9.82. The predicted octanol–water partition coefficient (Wildman–Crippen LogP) is 2.21. The van der Waals surface area contributed by atoms with Gasteiger partial charge in [-0.15, -0.1) is 0 Å². The van der Waals surface area contributed by atoms with E-state index in [-0.39, 0.29) is 6.71 Å². The Balaban J connectivity index is 2.12. The van der Waals surface area contributed by atoms with Crippen molar-refractivity contribution in [3.8, 4) is 12.0 Å². The molecule has 1 aliphatic heterocycles. The van der Waals surface area contributed by atoms with Crippen molar-refractivity contribution in [1.82, 2.24) is 0 Å². The first-order chi connectivity index (χ1) is 6.83. The van der Waals surface area contributed by atoms with Gasteiger partial charge in [0.25, 0.3) is 6.71 Å². The van der Waals surface area contributed by atoms with Crippen molar-refractivity contribution in [2.75, 3.05) is 0 Å². The van der Waals surface area contributed by atoms with Gasteiger partial charge in [-0.2, -0.15) is 5.26 Å². The summed E-state index contributed by atoms with van der Waals surface area (Å²) in [5.41, 5.74) is 1.92. The molecule has 66 valence electrons. The fourth-order valence-corrected chi connectivity index (χ4v) is 1.86. The lowest BCUT2D eigenvalue weighted by Crippen LogP contribution is -2.28. The van der Waals surface area contributed by atoms with E-state index in [1.807, 2.05) is 24.3 Å². The normalized spacial score (nSPS) is 15.4. The van der Waals surface area contributed by atoms with Crippen molar-refractivity contribution < 1.29 is 0 Å². The average molecular weight is 180 g/mol. The van der Waals surface area contributed by atoms with Gasteiger partial charge in [-0.3, -0.25) is 0 Å². The molecule has 1 aliphatic rings. The van der Waals surface area contributed by atoms with Crippen LogP contribution in [0.2, 0.25) is 12.6 Å². The summed E-state index contributed by atoms with van der Waals surface area (Å²) in [5.74, 6) is 2.76. The van der Waals surface area contributed by atoms with E-state index in [0.717, 1.165) is 12.6 Å². The second kappa shape index (κ2) is 3.56. The van der Waals surface area contributed by atoms with Crippen LogP contribution in [0.1, 0.15) is 17.0 Å². The summed E-state index contributed by atoms with van der Waals surface area (Å²) < 4.78 is 0. The highest BCUT2D eigenvalue weighted by molar-refractivity contribution is 6.70. The van der Waals surface area contributed by atoms with Crippen LogP contribution in [0.15, 0.2) is 24.3 Å². The van der Waals surface area contributed by atoms with Gasteiger partial charge in [0, 0.05) is 5.97 Å². The highest BCUT2D eigenvalue weighted by Crippen LogP contribution is 2.37. The first kappa shape index (κ1) is 8.85. The first-order valence-corrected chi connectivity index (χ1v) is 4.73. The summed E-state index contributed by atoms with van der Waals surface area (Å²) in [4.78, 5) is 0. The minimum absolute atomic E-state index is 0.228. The zero-order valence-corrected chi connectivity index (χ0v) is 7.77. The molecule has 1 aromatic rings. The molecular weight excluding hydrogens is 171 g/mol. The fraction of sp³-hybridized carbons (Fsp3) is 0.273. The number of benzene rings is 1. The smallest absolute Gasteiger partial charge is 0.213 e. The Labute approximate surface area is 83.9 Å². The molecule has 0 N–H and O–H groups in total. The molecule has 1 aromatic carbocycles. The van der Waals surface area contributed by atoms with Gasteiger partial charge in [0.15, 0.2) is 0 Å². The van der Waals surface area contributed by atoms with Crippen molar-refractivity contribution in [3.63, 3.8) is 0 Å². The van der Waals surface area contributed by atoms with E-state index in [0.29, 0.717) is 11.5 Å². The van der Waals surface area contributed by atoms with Gasteiger partial charge in [-0.05, 0) is 23.6 Å². The topological polar surface area (TPSA) is 47.6 Å². The molecule has 1 fully saturated rings. The van der Waals surface area contributed by atoms with Gasteiger partial charge >= 0.3 is 0 Å². The van der Waals surface area contributed by atoms with Gasteiger partial charge in [0.2, 0.25) is 0 Å². The van der Waals surface area contributed by atoms with Crippen LogP contribution < -0.4 is 0 Å². The van der Waals surface area contributed by atoms with Gasteiger partial charge in [-0.25, -0.2) is 5.26 Å². The molecule has 2 rings (SSSR count). The second-order valence-electron chi connectivity index (χ2n) is 3.73. The van der Waals surface area contributed by atoms with Crippen molar-refractivity contribution >= 4 is 6.71 Å². The van der Waals surface area contributed by atoms with E-state index in [1.165, 1.54) is 5.56 Å². The van der Waals surface area contributed by atoms with E-state index in [2.05, 4.69) is 12.0 Å². The number of nitriles is 2. The number of hydrogen-bond donors (Lipinski definition) is 0. The van der Waals surface area contributed by atoms with Crippen LogP contribution in [-0.4, -0.2) is 6.71 Å². The van der Waals surface area contributed by atoms with E-state index >= 15 is 0 Å². The van der Waals surface area contributed by atoms with E-state index in [1.54, 1.807) is 0 Å². The van der Waals surface area contributed by atoms with Crippen LogP contribution >= 0.6 is 0 Å². The van der Waals surface area contributed by atoms with Gasteiger partial charge in [-0.1, -0.05) is 24.8 Å². The van der Waals surface area contributed by atoms with E-state index in [9.17, 15) is 0 Å². The largest absolute Gasteiger partial charge is 0.269 e. The monoisotopic (exact) mass is 180 g/mol. The summed E-state index contributed by atoms with van der Waals surface area (Å²) in [5, 5.41) is 17.4. The molecule has 0 aliphatic carbocycles. The lowest BCUT2D eigenvalue weighted by Gasteiger charge is -2.28. The number of rotatable bonds is 1. The molecule has 1 saturated heterocycles. The van der Waals surface area contributed by atoms with Crippen LogP contribution in [0.3, 0.4) is 0 Å². The summed E-state index contributed by atoms with van der Waals surface area (Å²) >= 11 is 0. The fourth-order valence-electron chi connectivity index (χ4n) is 1.86. The van der Waals surface area contributed by atoms with Gasteiger partial charge < -0.3 is 0 Å². The zero-order valence-electron chi connectivity index (χ0n) is 7.77. The summed E-state index contributed by atoms with van der Waals surface area (Å²) in [6.45, 7) is 0.228. The molecule has 0 amide bonds. The SMILES string of the molecule is N#CB1CC(c2cccc(C#N)c2)C1. The Morgan fingerprint density at radius 2 is 2.07 bits per heavy atom. The molecular formula is C11H9BN2. The summed E-state index contributed by atoms with van der Waals surface area (Å²) in [7, 11) is 0. The van der Waals surface area contributed by atoms with Crippen LogP contribution in [0.25, 0.3) is 0 Å². The van der Waals surface area contributed by atoms with Crippen molar-refractivity contribution in [2.24, 2.45) is 0 Å². The highest BCUT2D eigenvalue weighted by Gasteiger charge is 2.33. The van der Waals surface area contributed by atoms with Crippen LogP contribution in [0.5, 0.6) is 0 Å². The summed E-state index contributed by atoms with van der Waals surface area (Å²) in [6.07, 6.45) is 1.90. The molecule has 1 heterocycles. The molecule has 2 nitrogen and oxygen atoms in total. The number of hydrogen-bond acceptors (Lipinski definition) is 2. The molecule has 3 heteroatoms. The maximum atomic E-state index is 8.73. The highest BCUT2D eigenvalue weighted by atomic mass is 14.3. The van der Waals surface area contributed by atoms with Crippen LogP contribution in [-0.2, 0) is 0 Å². The van der Waals surface area contributed by atoms with Gasteiger partial charge in [0.1, 0.15) is 0 Å². The van der Waals surface area contributed by atoms with E-state index < -0.39 is 0 Å². The van der Waals surface area contributed by atoms with Crippen LogP contribution in [0.4, 0.5) is 0 Å². The molecule has 0 aromatic heterocycles. The third kappa shape index (κ3) is 1.50. The standard InChI is InChI=1S/C11H9BN2/c13-7-9-2-1-3-10(4-9)11-5-12(6-11)8-14/h1-4,11H,5-6H2. The minimum Gasteiger partial charge on any atom is -0.213 e. The third-order valence-electron chi connectivity index (χ3n) is 2.81. The Hall–Kier alpha value is -1.74. The maximum absolute atomic E-state index is 8.73. The Kier molecular flexibility index (Phi) is 2.25. The molecule has 0 atom stereocenters. The zero-order chi connectivity index (χ0) is 9.97. The molecule has 0 unspecified atom stereocenters. The molecule has 0 radical (unpaired) electrons. The molecule has 0 saturated carbocycles. The van der Waals surface area contributed by atoms with Crippen molar-refractivity contribution in [3.05, 3.63) is 35.4 Å². The quantitative estimate of drug-likeness (QED) is 0.622. The first-order valence-electron chi connectivity index (χ1n) is 4.73. The number of nitrogens with zero attached hydrogens (tertiary/aromatic N) is 2. The Morgan fingerprint density at radius 1 is 1.29 bits per heavy atom. The molecule has 0 bridgehead atoms. The lowest BCUT2D eigenvalue weighted by atomic mass is 9.32.